The van der Waals surface area contributed by atoms with Crippen molar-refractivity contribution in [3.8, 4) is 0 Å². The fourth-order valence-electron chi connectivity index (χ4n) is 2.86. The fraction of sp³-hybridized carbons (Fsp3) is 0.467. The molecule has 2 saturated heterocycles. The van der Waals surface area contributed by atoms with Crippen LogP contribution in [0.25, 0.3) is 0 Å². The van der Waals surface area contributed by atoms with Gasteiger partial charge in [-0.1, -0.05) is 0 Å². The van der Waals surface area contributed by atoms with Crippen molar-refractivity contribution in [2.45, 2.75) is 18.9 Å². The van der Waals surface area contributed by atoms with Crippen LogP contribution in [0.3, 0.4) is 0 Å². The Morgan fingerprint density at radius 3 is 2.38 bits per heavy atom. The van der Waals surface area contributed by atoms with Gasteiger partial charge in [-0.3, -0.25) is 9.59 Å². The molecule has 1 aromatic carbocycles. The van der Waals surface area contributed by atoms with Gasteiger partial charge in [0.05, 0.1) is 0 Å². The third kappa shape index (κ3) is 2.99. The van der Waals surface area contributed by atoms with E-state index in [1.54, 1.807) is 17.0 Å². The third-order valence-electron chi connectivity index (χ3n) is 4.08. The third-order valence-corrected chi connectivity index (χ3v) is 4.08. The van der Waals surface area contributed by atoms with E-state index in [-0.39, 0.29) is 23.7 Å². The van der Waals surface area contributed by atoms with E-state index in [4.69, 9.17) is 0 Å². The fourth-order valence-corrected chi connectivity index (χ4v) is 2.86. The van der Waals surface area contributed by atoms with Gasteiger partial charge < -0.3 is 15.1 Å². The largest absolute Gasteiger partial charge is 0.368 e. The average molecular weight is 291 g/mol. The lowest BCUT2D eigenvalue weighted by atomic mass is 10.1. The molecule has 1 aromatic rings. The monoisotopic (exact) mass is 291 g/mol. The smallest absolute Gasteiger partial charge is 0.245 e. The number of rotatable bonds is 2. The minimum absolute atomic E-state index is 0.0135. The quantitative estimate of drug-likeness (QED) is 0.875. The molecule has 2 fully saturated rings. The van der Waals surface area contributed by atoms with Gasteiger partial charge >= 0.3 is 0 Å². The van der Waals surface area contributed by atoms with Crippen molar-refractivity contribution in [3.05, 3.63) is 30.1 Å². The highest BCUT2D eigenvalue weighted by Gasteiger charge is 2.32. The number of piperazine rings is 1. The maximum absolute atomic E-state index is 12.9. The number of benzene rings is 1. The summed E-state index contributed by atoms with van der Waals surface area (Å²) >= 11 is 0. The highest BCUT2D eigenvalue weighted by atomic mass is 19.1. The Kier molecular flexibility index (Phi) is 3.77. The van der Waals surface area contributed by atoms with Gasteiger partial charge in [-0.05, 0) is 30.7 Å². The molecular formula is C15H18FN3O2. The van der Waals surface area contributed by atoms with Gasteiger partial charge in [-0.15, -0.1) is 0 Å². The lowest BCUT2D eigenvalue weighted by Gasteiger charge is -2.37. The van der Waals surface area contributed by atoms with Crippen LogP contribution in [0.5, 0.6) is 0 Å². The van der Waals surface area contributed by atoms with Gasteiger partial charge in [-0.2, -0.15) is 0 Å². The number of hydrogen-bond acceptors (Lipinski definition) is 3. The Morgan fingerprint density at radius 1 is 1.14 bits per heavy atom. The Labute approximate surface area is 122 Å². The first-order valence-electron chi connectivity index (χ1n) is 7.22. The molecule has 6 heteroatoms. The molecule has 2 amide bonds. The molecule has 112 valence electrons. The van der Waals surface area contributed by atoms with E-state index < -0.39 is 0 Å². The second-order valence-corrected chi connectivity index (χ2v) is 5.45. The van der Waals surface area contributed by atoms with Crippen LogP contribution >= 0.6 is 0 Å². The van der Waals surface area contributed by atoms with E-state index in [1.807, 2.05) is 0 Å². The Balaban J connectivity index is 1.56. The van der Waals surface area contributed by atoms with Crippen molar-refractivity contribution >= 4 is 17.5 Å². The first kappa shape index (κ1) is 13.9. The molecule has 0 radical (unpaired) electrons. The molecule has 21 heavy (non-hydrogen) atoms. The minimum atomic E-state index is -0.352. The van der Waals surface area contributed by atoms with Crippen LogP contribution in [0.4, 0.5) is 10.1 Å². The molecule has 0 saturated carbocycles. The minimum Gasteiger partial charge on any atom is -0.368 e. The number of halogens is 1. The SMILES string of the molecule is O=C1CC[C@@H](C(=O)N2CCN(c3ccc(F)cc3)CC2)N1. The summed E-state index contributed by atoms with van der Waals surface area (Å²) < 4.78 is 12.9. The number of carbonyl (C=O) groups excluding carboxylic acids is 2. The molecule has 2 aliphatic heterocycles. The number of carbonyl (C=O) groups is 2. The zero-order valence-electron chi connectivity index (χ0n) is 11.7. The summed E-state index contributed by atoms with van der Waals surface area (Å²) in [7, 11) is 0. The predicted molar refractivity (Wildman–Crippen MR) is 76.4 cm³/mol. The van der Waals surface area contributed by atoms with E-state index in [9.17, 15) is 14.0 Å². The summed E-state index contributed by atoms with van der Waals surface area (Å²) in [5, 5.41) is 2.71. The summed E-state index contributed by atoms with van der Waals surface area (Å²) in [6.07, 6.45) is 1.03. The zero-order valence-corrected chi connectivity index (χ0v) is 11.7. The van der Waals surface area contributed by atoms with Crippen LogP contribution in [0.2, 0.25) is 0 Å². The van der Waals surface area contributed by atoms with Crippen LogP contribution in [0.1, 0.15) is 12.8 Å². The normalized spacial score (nSPS) is 22.3. The highest BCUT2D eigenvalue weighted by molar-refractivity contribution is 5.90. The molecule has 0 spiro atoms. The van der Waals surface area contributed by atoms with Crippen LogP contribution in [-0.2, 0) is 9.59 Å². The first-order valence-corrected chi connectivity index (χ1v) is 7.22. The molecule has 0 unspecified atom stereocenters. The Morgan fingerprint density at radius 2 is 1.81 bits per heavy atom. The van der Waals surface area contributed by atoms with E-state index in [0.717, 1.165) is 18.8 Å². The number of anilines is 1. The van der Waals surface area contributed by atoms with Gasteiger partial charge in [0, 0.05) is 38.3 Å². The average Bonchev–Trinajstić information content (AvgIpc) is 2.94. The maximum Gasteiger partial charge on any atom is 0.245 e. The molecule has 1 N–H and O–H groups in total. The van der Waals surface area contributed by atoms with Crippen molar-refractivity contribution < 1.29 is 14.0 Å². The number of nitrogens with zero attached hydrogens (tertiary/aromatic N) is 2. The maximum atomic E-state index is 12.9. The van der Waals surface area contributed by atoms with Gasteiger partial charge in [0.1, 0.15) is 11.9 Å². The molecule has 1 atom stereocenters. The van der Waals surface area contributed by atoms with Gasteiger partial charge in [-0.25, -0.2) is 4.39 Å². The molecule has 0 aromatic heterocycles. The van der Waals surface area contributed by atoms with Gasteiger partial charge in [0.2, 0.25) is 11.8 Å². The van der Waals surface area contributed by atoms with Gasteiger partial charge in [0.25, 0.3) is 0 Å². The van der Waals surface area contributed by atoms with Crippen molar-refractivity contribution in [2.75, 3.05) is 31.1 Å². The Hall–Kier alpha value is -2.11. The summed E-state index contributed by atoms with van der Waals surface area (Å²) in [4.78, 5) is 27.4. The van der Waals surface area contributed by atoms with Crippen LogP contribution in [-0.4, -0.2) is 48.9 Å². The van der Waals surface area contributed by atoms with Gasteiger partial charge in [0.15, 0.2) is 0 Å². The molecule has 0 bridgehead atoms. The van der Waals surface area contributed by atoms with E-state index >= 15 is 0 Å². The lowest BCUT2D eigenvalue weighted by Crippen LogP contribution is -2.53. The van der Waals surface area contributed by atoms with Crippen molar-refractivity contribution in [2.24, 2.45) is 0 Å². The van der Waals surface area contributed by atoms with E-state index in [2.05, 4.69) is 10.2 Å². The summed E-state index contributed by atoms with van der Waals surface area (Å²) in [6, 6.07) is 6.05. The first-order chi connectivity index (χ1) is 10.1. The number of hydrogen-bond donors (Lipinski definition) is 1. The predicted octanol–water partition coefficient (Wildman–Crippen LogP) is 0.753. The van der Waals surface area contributed by atoms with Crippen LogP contribution < -0.4 is 10.2 Å². The zero-order chi connectivity index (χ0) is 14.8. The Bertz CT molecular complexity index is 538. The standard InChI is InChI=1S/C15H18FN3O2/c16-11-1-3-12(4-2-11)18-7-9-19(10-8-18)15(21)13-5-6-14(20)17-13/h1-4,13H,5-10H2,(H,17,20)/t13-/m0/s1. The van der Waals surface area contributed by atoms with Crippen molar-refractivity contribution in [1.29, 1.82) is 0 Å². The highest BCUT2D eigenvalue weighted by Crippen LogP contribution is 2.18. The van der Waals surface area contributed by atoms with E-state index in [0.29, 0.717) is 25.9 Å². The number of nitrogens with one attached hydrogen (secondary N) is 1. The van der Waals surface area contributed by atoms with E-state index in [1.165, 1.54) is 12.1 Å². The molecule has 5 nitrogen and oxygen atoms in total. The molecular weight excluding hydrogens is 273 g/mol. The summed E-state index contributed by atoms with van der Waals surface area (Å²) in [6.45, 7) is 2.70. The van der Waals surface area contributed by atoms with Crippen LogP contribution in [0.15, 0.2) is 24.3 Å². The summed E-state index contributed by atoms with van der Waals surface area (Å²) in [5.41, 5.74) is 0.970. The second-order valence-electron chi connectivity index (χ2n) is 5.45. The number of amides is 2. The van der Waals surface area contributed by atoms with Crippen LogP contribution in [0, 0.1) is 5.82 Å². The molecule has 2 aliphatic rings. The van der Waals surface area contributed by atoms with Crippen molar-refractivity contribution in [1.82, 2.24) is 10.2 Å². The molecule has 3 rings (SSSR count). The lowest BCUT2D eigenvalue weighted by molar-refractivity contribution is -0.134. The topological polar surface area (TPSA) is 52.7 Å². The second kappa shape index (κ2) is 5.71. The molecule has 0 aliphatic carbocycles. The summed E-state index contributed by atoms with van der Waals surface area (Å²) in [5.74, 6) is -0.276. The molecule has 2 heterocycles. The van der Waals surface area contributed by atoms with Crippen molar-refractivity contribution in [3.63, 3.8) is 0 Å².